The number of thiophene rings is 1. The SMILES string of the molecule is CCCOC(=O)c1ccc(NC(=O)CSc2nc3scc(-c4ccc(C)cc4)c3c(=O)[nH]2)cc1. The van der Waals surface area contributed by atoms with Crippen LogP contribution in [0.5, 0.6) is 0 Å². The predicted octanol–water partition coefficient (Wildman–Crippen LogP) is 5.26. The van der Waals surface area contributed by atoms with E-state index in [9.17, 15) is 14.4 Å². The predicted molar refractivity (Wildman–Crippen MR) is 137 cm³/mol. The minimum absolute atomic E-state index is 0.0743. The zero-order chi connectivity index (χ0) is 24.1. The fourth-order valence-electron chi connectivity index (χ4n) is 3.24. The van der Waals surface area contributed by atoms with Crippen molar-refractivity contribution in [1.29, 1.82) is 0 Å². The van der Waals surface area contributed by atoms with Gasteiger partial charge in [-0.1, -0.05) is 48.5 Å². The number of H-pyrrole nitrogens is 1. The Bertz CT molecular complexity index is 1380. The maximum absolute atomic E-state index is 12.8. The first-order valence-corrected chi connectivity index (χ1v) is 12.6. The third-order valence-electron chi connectivity index (χ3n) is 4.97. The number of hydrogen-bond donors (Lipinski definition) is 2. The lowest BCUT2D eigenvalue weighted by molar-refractivity contribution is -0.113. The van der Waals surface area contributed by atoms with Gasteiger partial charge in [-0.3, -0.25) is 9.59 Å². The molecule has 9 heteroatoms. The van der Waals surface area contributed by atoms with Gasteiger partial charge in [-0.05, 0) is 43.2 Å². The summed E-state index contributed by atoms with van der Waals surface area (Å²) in [5, 5.41) is 5.65. The Morgan fingerprint density at radius 2 is 1.85 bits per heavy atom. The van der Waals surface area contributed by atoms with E-state index in [1.165, 1.54) is 11.3 Å². The molecule has 0 aliphatic carbocycles. The molecule has 0 radical (unpaired) electrons. The average Bonchev–Trinajstić information content (AvgIpc) is 3.27. The van der Waals surface area contributed by atoms with Crippen molar-refractivity contribution in [3.05, 3.63) is 75.4 Å². The molecule has 0 fully saturated rings. The van der Waals surface area contributed by atoms with E-state index in [2.05, 4.69) is 15.3 Å². The molecule has 0 aliphatic rings. The van der Waals surface area contributed by atoms with E-state index in [-0.39, 0.29) is 23.2 Å². The summed E-state index contributed by atoms with van der Waals surface area (Å²) in [6.07, 6.45) is 0.755. The van der Waals surface area contributed by atoms with Gasteiger partial charge in [-0.25, -0.2) is 9.78 Å². The molecule has 0 saturated heterocycles. The van der Waals surface area contributed by atoms with Crippen molar-refractivity contribution in [1.82, 2.24) is 9.97 Å². The van der Waals surface area contributed by atoms with Gasteiger partial charge in [0.15, 0.2) is 5.16 Å². The molecule has 4 aromatic rings. The minimum Gasteiger partial charge on any atom is -0.462 e. The Morgan fingerprint density at radius 3 is 2.56 bits per heavy atom. The van der Waals surface area contributed by atoms with Gasteiger partial charge in [0.25, 0.3) is 5.56 Å². The summed E-state index contributed by atoms with van der Waals surface area (Å²) >= 11 is 2.56. The number of benzene rings is 2. The van der Waals surface area contributed by atoms with E-state index in [1.807, 2.05) is 43.5 Å². The second-order valence-electron chi connectivity index (χ2n) is 7.62. The van der Waals surface area contributed by atoms with Crippen LogP contribution in [0.15, 0.2) is 63.9 Å². The third kappa shape index (κ3) is 5.55. The van der Waals surface area contributed by atoms with E-state index < -0.39 is 0 Å². The standard InChI is InChI=1S/C25H23N3O4S2/c1-3-12-32-24(31)17-8-10-18(11-9-17)26-20(29)14-34-25-27-22(30)21-19(13-33-23(21)28-25)16-6-4-15(2)5-7-16/h4-11,13H,3,12,14H2,1-2H3,(H,26,29)(H,27,28,30). The number of carbonyl (C=O) groups excluding carboxylic acids is 2. The molecule has 0 aliphatic heterocycles. The molecule has 0 atom stereocenters. The van der Waals surface area contributed by atoms with Crippen molar-refractivity contribution in [2.75, 3.05) is 17.7 Å². The summed E-state index contributed by atoms with van der Waals surface area (Å²) in [6.45, 7) is 4.31. The molecule has 0 spiro atoms. The number of aromatic amines is 1. The van der Waals surface area contributed by atoms with E-state index in [0.29, 0.717) is 33.2 Å². The van der Waals surface area contributed by atoms with Gasteiger partial charge in [-0.2, -0.15) is 0 Å². The number of nitrogens with one attached hydrogen (secondary N) is 2. The van der Waals surface area contributed by atoms with E-state index >= 15 is 0 Å². The molecule has 0 bridgehead atoms. The molecule has 0 unspecified atom stereocenters. The molecule has 2 heterocycles. The number of fused-ring (bicyclic) bond motifs is 1. The van der Waals surface area contributed by atoms with Gasteiger partial charge in [0, 0.05) is 16.6 Å². The molecule has 2 aromatic heterocycles. The number of esters is 1. The topological polar surface area (TPSA) is 101 Å². The number of ether oxygens (including phenoxy) is 1. The third-order valence-corrected chi connectivity index (χ3v) is 6.71. The minimum atomic E-state index is -0.389. The lowest BCUT2D eigenvalue weighted by Gasteiger charge is -2.07. The molecule has 1 amide bonds. The Balaban J connectivity index is 1.39. The molecular weight excluding hydrogens is 470 g/mol. The molecule has 34 heavy (non-hydrogen) atoms. The highest BCUT2D eigenvalue weighted by Crippen LogP contribution is 2.31. The maximum atomic E-state index is 12.8. The average molecular weight is 494 g/mol. The monoisotopic (exact) mass is 493 g/mol. The van der Waals surface area contributed by atoms with Crippen molar-refractivity contribution in [2.45, 2.75) is 25.4 Å². The highest BCUT2D eigenvalue weighted by atomic mass is 32.2. The number of anilines is 1. The number of amides is 1. The molecule has 7 nitrogen and oxygen atoms in total. The first-order valence-electron chi connectivity index (χ1n) is 10.7. The molecule has 4 rings (SSSR count). The number of hydrogen-bond acceptors (Lipinski definition) is 7. The Kier molecular flexibility index (Phi) is 7.44. The normalized spacial score (nSPS) is 10.9. The van der Waals surface area contributed by atoms with Crippen LogP contribution in [0.4, 0.5) is 5.69 Å². The second kappa shape index (κ2) is 10.7. The molecule has 2 aromatic carbocycles. The van der Waals surface area contributed by atoms with Crippen LogP contribution < -0.4 is 10.9 Å². The smallest absolute Gasteiger partial charge is 0.338 e. The van der Waals surface area contributed by atoms with Crippen molar-refractivity contribution in [2.24, 2.45) is 0 Å². The van der Waals surface area contributed by atoms with Crippen LogP contribution in [0.3, 0.4) is 0 Å². The van der Waals surface area contributed by atoms with Crippen LogP contribution in [0.1, 0.15) is 29.3 Å². The number of nitrogens with zero attached hydrogens (tertiary/aromatic N) is 1. The molecule has 2 N–H and O–H groups in total. The summed E-state index contributed by atoms with van der Waals surface area (Å²) in [5.74, 6) is -0.564. The van der Waals surface area contributed by atoms with Gasteiger partial charge in [0.1, 0.15) is 4.83 Å². The zero-order valence-electron chi connectivity index (χ0n) is 18.7. The highest BCUT2D eigenvalue weighted by Gasteiger charge is 2.14. The van der Waals surface area contributed by atoms with Crippen molar-refractivity contribution in [3.63, 3.8) is 0 Å². The van der Waals surface area contributed by atoms with E-state index in [0.717, 1.165) is 34.9 Å². The quantitative estimate of drug-likeness (QED) is 0.197. The van der Waals surface area contributed by atoms with Crippen molar-refractivity contribution >= 4 is 50.9 Å². The van der Waals surface area contributed by atoms with Gasteiger partial charge in [0.2, 0.25) is 5.91 Å². The zero-order valence-corrected chi connectivity index (χ0v) is 20.3. The summed E-state index contributed by atoms with van der Waals surface area (Å²) in [6, 6.07) is 14.5. The van der Waals surface area contributed by atoms with Gasteiger partial charge in [0.05, 0.1) is 23.3 Å². The van der Waals surface area contributed by atoms with E-state index in [4.69, 9.17) is 4.74 Å². The van der Waals surface area contributed by atoms with Crippen LogP contribution >= 0.6 is 23.1 Å². The number of carbonyl (C=O) groups is 2. The van der Waals surface area contributed by atoms with E-state index in [1.54, 1.807) is 24.3 Å². The Labute approximate surface area is 204 Å². The van der Waals surface area contributed by atoms with Crippen LogP contribution in [0.25, 0.3) is 21.3 Å². The number of aromatic nitrogens is 2. The Hall–Kier alpha value is -3.43. The largest absolute Gasteiger partial charge is 0.462 e. The summed E-state index contributed by atoms with van der Waals surface area (Å²) in [7, 11) is 0. The summed E-state index contributed by atoms with van der Waals surface area (Å²) in [5.41, 5.74) is 3.74. The first kappa shape index (κ1) is 23.7. The van der Waals surface area contributed by atoms with Crippen molar-refractivity contribution in [3.8, 4) is 11.1 Å². The van der Waals surface area contributed by atoms with Crippen LogP contribution in [-0.4, -0.2) is 34.2 Å². The van der Waals surface area contributed by atoms with Gasteiger partial charge >= 0.3 is 5.97 Å². The summed E-state index contributed by atoms with van der Waals surface area (Å²) in [4.78, 5) is 45.0. The maximum Gasteiger partial charge on any atom is 0.338 e. The van der Waals surface area contributed by atoms with Gasteiger partial charge < -0.3 is 15.0 Å². The molecular formula is C25H23N3O4S2. The summed E-state index contributed by atoms with van der Waals surface area (Å²) < 4.78 is 5.09. The first-order chi connectivity index (χ1) is 16.4. The van der Waals surface area contributed by atoms with Crippen LogP contribution in [0, 0.1) is 6.92 Å². The highest BCUT2D eigenvalue weighted by molar-refractivity contribution is 7.99. The van der Waals surface area contributed by atoms with Crippen molar-refractivity contribution < 1.29 is 14.3 Å². The number of rotatable bonds is 8. The fourth-order valence-corrected chi connectivity index (χ4v) is 4.91. The number of thioether (sulfide) groups is 1. The second-order valence-corrected chi connectivity index (χ2v) is 9.44. The Morgan fingerprint density at radius 1 is 1.12 bits per heavy atom. The van der Waals surface area contributed by atoms with Crippen LogP contribution in [0.2, 0.25) is 0 Å². The molecule has 174 valence electrons. The fraction of sp³-hybridized carbons (Fsp3) is 0.200. The van der Waals surface area contributed by atoms with Gasteiger partial charge in [-0.15, -0.1) is 11.3 Å². The number of aryl methyl sites for hydroxylation is 1. The van der Waals surface area contributed by atoms with Crippen LogP contribution in [-0.2, 0) is 9.53 Å². The lowest BCUT2D eigenvalue weighted by atomic mass is 10.1. The lowest BCUT2D eigenvalue weighted by Crippen LogP contribution is -2.15. The molecule has 0 saturated carbocycles.